The second kappa shape index (κ2) is 4.84. The molecule has 0 radical (unpaired) electrons. The summed E-state index contributed by atoms with van der Waals surface area (Å²) in [6.45, 7) is 0. The molecule has 0 heterocycles. The van der Waals surface area contributed by atoms with Crippen LogP contribution in [-0.2, 0) is 5.54 Å². The van der Waals surface area contributed by atoms with Crippen molar-refractivity contribution in [2.75, 3.05) is 5.73 Å². The maximum atomic E-state index is 12.4. The fraction of sp³-hybridized carbons (Fsp3) is 0.188. The number of carbonyl (C=O) groups is 1. The lowest BCUT2D eigenvalue weighted by molar-refractivity contribution is 0.0931. The third-order valence-electron chi connectivity index (χ3n) is 3.73. The van der Waals surface area contributed by atoms with Crippen LogP contribution in [0.3, 0.4) is 0 Å². The molecule has 1 aliphatic carbocycles. The lowest BCUT2D eigenvalue weighted by atomic mass is 10.0. The Balaban J connectivity index is 1.85. The Morgan fingerprint density at radius 1 is 1.10 bits per heavy atom. The van der Waals surface area contributed by atoms with Crippen molar-refractivity contribution in [3.8, 4) is 0 Å². The van der Waals surface area contributed by atoms with Crippen LogP contribution in [0.5, 0.6) is 0 Å². The van der Waals surface area contributed by atoms with Gasteiger partial charge in [0.15, 0.2) is 0 Å². The van der Waals surface area contributed by atoms with Crippen molar-refractivity contribution in [2.45, 2.75) is 18.4 Å². The number of hydrogen-bond acceptors (Lipinski definition) is 2. The quantitative estimate of drug-likeness (QED) is 0.850. The fourth-order valence-electron chi connectivity index (χ4n) is 2.39. The van der Waals surface area contributed by atoms with Crippen molar-refractivity contribution in [3.63, 3.8) is 0 Å². The number of para-hydroxylation sites is 1. The standard InChI is InChI=1S/C16H15ClN2O/c17-13-8-4-7-12(14(13)18)15(20)19-16(9-10-16)11-5-2-1-3-6-11/h1-8H,9-10,18H2,(H,19,20). The minimum Gasteiger partial charge on any atom is -0.397 e. The molecule has 1 amide bonds. The van der Waals surface area contributed by atoms with Crippen LogP contribution in [-0.4, -0.2) is 5.91 Å². The number of anilines is 1. The van der Waals surface area contributed by atoms with E-state index in [0.29, 0.717) is 16.3 Å². The molecule has 0 aliphatic heterocycles. The first-order valence-electron chi connectivity index (χ1n) is 6.54. The molecule has 102 valence electrons. The molecule has 0 atom stereocenters. The van der Waals surface area contributed by atoms with Gasteiger partial charge in [0.2, 0.25) is 0 Å². The summed E-state index contributed by atoms with van der Waals surface area (Å²) in [5.74, 6) is -0.175. The maximum absolute atomic E-state index is 12.4. The Morgan fingerprint density at radius 3 is 2.45 bits per heavy atom. The van der Waals surface area contributed by atoms with E-state index in [1.807, 2.05) is 30.3 Å². The molecule has 0 bridgehead atoms. The molecule has 0 spiro atoms. The Hall–Kier alpha value is -2.00. The zero-order chi connectivity index (χ0) is 14.2. The van der Waals surface area contributed by atoms with E-state index in [1.165, 1.54) is 0 Å². The minimum absolute atomic E-state index is 0.175. The summed E-state index contributed by atoms with van der Waals surface area (Å²) in [4.78, 5) is 12.4. The van der Waals surface area contributed by atoms with Crippen LogP contribution in [0.25, 0.3) is 0 Å². The predicted molar refractivity (Wildman–Crippen MR) is 80.7 cm³/mol. The van der Waals surface area contributed by atoms with Gasteiger partial charge < -0.3 is 11.1 Å². The van der Waals surface area contributed by atoms with Crippen LogP contribution < -0.4 is 11.1 Å². The van der Waals surface area contributed by atoms with Gasteiger partial charge in [0.1, 0.15) is 0 Å². The molecule has 0 saturated heterocycles. The summed E-state index contributed by atoms with van der Waals surface area (Å²) in [6, 6.07) is 15.1. The molecule has 4 heteroatoms. The van der Waals surface area contributed by atoms with Crippen LogP contribution in [0.4, 0.5) is 5.69 Å². The maximum Gasteiger partial charge on any atom is 0.254 e. The Morgan fingerprint density at radius 2 is 1.80 bits per heavy atom. The molecule has 2 aromatic carbocycles. The van der Waals surface area contributed by atoms with Crippen molar-refractivity contribution < 1.29 is 4.79 Å². The van der Waals surface area contributed by atoms with Gasteiger partial charge in [-0.2, -0.15) is 0 Å². The van der Waals surface area contributed by atoms with Crippen LogP contribution in [0.15, 0.2) is 48.5 Å². The van der Waals surface area contributed by atoms with Crippen molar-refractivity contribution >= 4 is 23.2 Å². The molecular formula is C16H15ClN2O. The topological polar surface area (TPSA) is 55.1 Å². The van der Waals surface area contributed by atoms with E-state index in [1.54, 1.807) is 18.2 Å². The minimum atomic E-state index is -0.243. The number of benzene rings is 2. The number of amides is 1. The van der Waals surface area contributed by atoms with Crippen molar-refractivity contribution in [3.05, 3.63) is 64.7 Å². The number of halogens is 1. The number of nitrogens with one attached hydrogen (secondary N) is 1. The third-order valence-corrected chi connectivity index (χ3v) is 4.06. The highest BCUT2D eigenvalue weighted by Gasteiger charge is 2.45. The molecule has 2 aromatic rings. The predicted octanol–water partition coefficient (Wildman–Crippen LogP) is 3.34. The summed E-state index contributed by atoms with van der Waals surface area (Å²) < 4.78 is 0. The monoisotopic (exact) mass is 286 g/mol. The first kappa shape index (κ1) is 13.0. The molecule has 3 rings (SSSR count). The first-order valence-corrected chi connectivity index (χ1v) is 6.92. The van der Waals surface area contributed by atoms with Crippen LogP contribution in [0.2, 0.25) is 5.02 Å². The van der Waals surface area contributed by atoms with E-state index in [9.17, 15) is 4.79 Å². The Bertz CT molecular complexity index is 651. The molecule has 0 unspecified atom stereocenters. The van der Waals surface area contributed by atoms with Crippen molar-refractivity contribution in [1.82, 2.24) is 5.32 Å². The molecule has 3 nitrogen and oxygen atoms in total. The average molecular weight is 287 g/mol. The van der Waals surface area contributed by atoms with Crippen LogP contribution in [0, 0.1) is 0 Å². The van der Waals surface area contributed by atoms with Gasteiger partial charge in [-0.25, -0.2) is 0 Å². The molecule has 1 saturated carbocycles. The number of rotatable bonds is 3. The van der Waals surface area contributed by atoms with E-state index in [4.69, 9.17) is 17.3 Å². The summed E-state index contributed by atoms with van der Waals surface area (Å²) in [5, 5.41) is 3.50. The summed E-state index contributed by atoms with van der Waals surface area (Å²) in [6.07, 6.45) is 1.90. The average Bonchev–Trinajstić information content (AvgIpc) is 3.23. The van der Waals surface area contributed by atoms with Gasteiger partial charge >= 0.3 is 0 Å². The molecule has 20 heavy (non-hydrogen) atoms. The highest BCUT2D eigenvalue weighted by molar-refractivity contribution is 6.33. The third kappa shape index (κ3) is 2.25. The molecule has 1 fully saturated rings. The smallest absolute Gasteiger partial charge is 0.254 e. The van der Waals surface area contributed by atoms with Crippen molar-refractivity contribution in [2.24, 2.45) is 0 Å². The molecule has 3 N–H and O–H groups in total. The normalized spacial score (nSPS) is 15.7. The van der Waals surface area contributed by atoms with E-state index in [2.05, 4.69) is 5.32 Å². The number of hydrogen-bond donors (Lipinski definition) is 2. The van der Waals surface area contributed by atoms with Gasteiger partial charge in [-0.15, -0.1) is 0 Å². The lowest BCUT2D eigenvalue weighted by Crippen LogP contribution is -2.35. The van der Waals surface area contributed by atoms with Gasteiger partial charge in [0, 0.05) is 0 Å². The second-order valence-corrected chi connectivity index (χ2v) is 5.51. The summed E-state index contributed by atoms with van der Waals surface area (Å²) in [5.41, 5.74) is 7.52. The van der Waals surface area contributed by atoms with E-state index >= 15 is 0 Å². The first-order chi connectivity index (χ1) is 9.62. The fourth-order valence-corrected chi connectivity index (χ4v) is 2.56. The largest absolute Gasteiger partial charge is 0.397 e. The van der Waals surface area contributed by atoms with Gasteiger partial charge in [0.05, 0.1) is 21.8 Å². The lowest BCUT2D eigenvalue weighted by Gasteiger charge is -2.18. The zero-order valence-corrected chi connectivity index (χ0v) is 11.7. The van der Waals surface area contributed by atoms with E-state index in [-0.39, 0.29) is 11.4 Å². The van der Waals surface area contributed by atoms with Crippen LogP contribution in [0.1, 0.15) is 28.8 Å². The van der Waals surface area contributed by atoms with Gasteiger partial charge in [-0.05, 0) is 30.5 Å². The van der Waals surface area contributed by atoms with Gasteiger partial charge in [0.25, 0.3) is 5.91 Å². The van der Waals surface area contributed by atoms with Gasteiger partial charge in [-0.3, -0.25) is 4.79 Å². The number of nitrogen functional groups attached to an aromatic ring is 1. The molecule has 1 aliphatic rings. The van der Waals surface area contributed by atoms with Crippen LogP contribution >= 0.6 is 11.6 Å². The summed E-state index contributed by atoms with van der Waals surface area (Å²) in [7, 11) is 0. The molecule has 0 aromatic heterocycles. The summed E-state index contributed by atoms with van der Waals surface area (Å²) >= 11 is 5.96. The zero-order valence-electron chi connectivity index (χ0n) is 10.9. The molecular weight excluding hydrogens is 272 g/mol. The Kier molecular flexibility index (Phi) is 3.14. The van der Waals surface area contributed by atoms with E-state index < -0.39 is 0 Å². The van der Waals surface area contributed by atoms with E-state index in [0.717, 1.165) is 18.4 Å². The highest BCUT2D eigenvalue weighted by Crippen LogP contribution is 2.45. The van der Waals surface area contributed by atoms with Gasteiger partial charge in [-0.1, -0.05) is 48.0 Å². The highest BCUT2D eigenvalue weighted by atomic mass is 35.5. The second-order valence-electron chi connectivity index (χ2n) is 5.10. The van der Waals surface area contributed by atoms with Crippen molar-refractivity contribution in [1.29, 1.82) is 0 Å². The number of carbonyl (C=O) groups excluding carboxylic acids is 1. The Labute approximate surface area is 122 Å². The number of nitrogens with two attached hydrogens (primary N) is 1. The SMILES string of the molecule is Nc1c(Cl)cccc1C(=O)NC1(c2ccccc2)CC1.